The Labute approximate surface area is 235 Å². The minimum absolute atomic E-state index is 0.0204. The molecule has 1 N–H and O–H groups in total. The number of nitrogens with zero attached hydrogens (tertiary/aromatic N) is 1. The molecule has 0 bridgehead atoms. The highest BCUT2D eigenvalue weighted by Gasteiger charge is 2.54. The lowest BCUT2D eigenvalue weighted by Crippen LogP contribution is -2.42. The zero-order valence-corrected chi connectivity index (χ0v) is 22.2. The average molecular weight is 605 g/mol. The van der Waals surface area contributed by atoms with E-state index in [0.717, 1.165) is 6.07 Å². The van der Waals surface area contributed by atoms with Gasteiger partial charge in [0, 0.05) is 42.1 Å². The molecule has 3 aliphatic rings. The van der Waals surface area contributed by atoms with Gasteiger partial charge in [-0.3, -0.25) is 9.59 Å². The van der Waals surface area contributed by atoms with E-state index in [1.165, 1.54) is 30.0 Å². The van der Waals surface area contributed by atoms with E-state index in [-0.39, 0.29) is 41.3 Å². The number of ether oxygens (including phenoxy) is 1. The third-order valence-electron chi connectivity index (χ3n) is 7.76. The first kappa shape index (κ1) is 29.4. The maximum atomic E-state index is 13.9. The number of amides is 1. The van der Waals surface area contributed by atoms with Gasteiger partial charge in [-0.25, -0.2) is 4.39 Å². The molecule has 2 aliphatic heterocycles. The van der Waals surface area contributed by atoms with Crippen LogP contribution in [0.4, 0.5) is 30.7 Å². The zero-order valence-electron chi connectivity index (χ0n) is 21.5. The number of benzene rings is 2. The van der Waals surface area contributed by atoms with E-state index in [1.54, 1.807) is 0 Å². The van der Waals surface area contributed by atoms with Crippen molar-refractivity contribution in [1.29, 1.82) is 0 Å². The second-order valence-corrected chi connectivity index (χ2v) is 10.9. The van der Waals surface area contributed by atoms with Gasteiger partial charge < -0.3 is 15.0 Å². The Morgan fingerprint density at radius 3 is 2.22 bits per heavy atom. The molecule has 2 fully saturated rings. The summed E-state index contributed by atoms with van der Waals surface area (Å²) in [5.41, 5.74) is -2.22. The highest BCUT2D eigenvalue weighted by molar-refractivity contribution is 6.31. The van der Waals surface area contributed by atoms with E-state index in [2.05, 4.69) is 5.32 Å². The SMILES string of the molecule is C[C@@H](O[C@H]1CN2C(=O)CC(NC3=CC(=O)CC3)C2[C@@H]1c1ccc(F)cc1Cl)c1cc(C(F)(F)F)cc(C(F)(F)F)c1. The van der Waals surface area contributed by atoms with Crippen molar-refractivity contribution in [3.63, 3.8) is 0 Å². The van der Waals surface area contributed by atoms with Gasteiger partial charge in [0.25, 0.3) is 0 Å². The second-order valence-electron chi connectivity index (χ2n) is 10.5. The summed E-state index contributed by atoms with van der Waals surface area (Å²) in [5.74, 6) is -1.64. The molecule has 2 unspecified atom stereocenters. The molecule has 13 heteroatoms. The molecule has 5 rings (SSSR count). The van der Waals surface area contributed by atoms with Gasteiger partial charge in [-0.1, -0.05) is 17.7 Å². The summed E-state index contributed by atoms with van der Waals surface area (Å²) in [4.78, 5) is 26.3. The Morgan fingerprint density at radius 2 is 1.66 bits per heavy atom. The van der Waals surface area contributed by atoms with Gasteiger partial charge in [0.05, 0.1) is 35.4 Å². The number of carbonyl (C=O) groups excluding carboxylic acids is 2. The quantitative estimate of drug-likeness (QED) is 0.379. The van der Waals surface area contributed by atoms with E-state index in [0.29, 0.717) is 36.2 Å². The smallest absolute Gasteiger partial charge is 0.383 e. The fourth-order valence-corrected chi connectivity index (χ4v) is 6.22. The third kappa shape index (κ3) is 5.94. The van der Waals surface area contributed by atoms with E-state index < -0.39 is 59.5 Å². The van der Waals surface area contributed by atoms with Crippen molar-refractivity contribution < 1.29 is 45.1 Å². The molecular weight excluding hydrogens is 581 g/mol. The molecule has 2 heterocycles. The van der Waals surface area contributed by atoms with Gasteiger partial charge in [0.2, 0.25) is 5.91 Å². The number of halogens is 8. The first-order valence-electron chi connectivity index (χ1n) is 12.8. The fraction of sp³-hybridized carbons (Fsp3) is 0.429. The third-order valence-corrected chi connectivity index (χ3v) is 8.09. The van der Waals surface area contributed by atoms with E-state index in [4.69, 9.17) is 16.3 Å². The van der Waals surface area contributed by atoms with Gasteiger partial charge in [0.1, 0.15) is 5.82 Å². The number of carbonyl (C=O) groups is 2. The lowest BCUT2D eigenvalue weighted by atomic mass is 9.86. The Balaban J connectivity index is 1.51. The van der Waals surface area contributed by atoms with Gasteiger partial charge in [-0.15, -0.1) is 0 Å². The predicted molar refractivity (Wildman–Crippen MR) is 133 cm³/mol. The number of hydrogen-bond donors (Lipinski definition) is 1. The monoisotopic (exact) mass is 604 g/mol. The topological polar surface area (TPSA) is 58.6 Å². The van der Waals surface area contributed by atoms with Crippen molar-refractivity contribution in [3.8, 4) is 0 Å². The summed E-state index contributed by atoms with van der Waals surface area (Å²) < 4.78 is 101. The van der Waals surface area contributed by atoms with Gasteiger partial charge in [0.15, 0.2) is 5.78 Å². The minimum atomic E-state index is -5.03. The number of hydrogen-bond acceptors (Lipinski definition) is 4. The normalized spacial score (nSPS) is 25.5. The largest absolute Gasteiger partial charge is 0.416 e. The molecule has 5 atom stereocenters. The summed E-state index contributed by atoms with van der Waals surface area (Å²) in [6, 6.07) is 3.84. The number of rotatable bonds is 6. The number of ketones is 1. The maximum absolute atomic E-state index is 13.9. The van der Waals surface area contributed by atoms with Crippen LogP contribution in [0.1, 0.15) is 60.5 Å². The summed E-state index contributed by atoms with van der Waals surface area (Å²) in [6.07, 6.45) is -9.89. The highest BCUT2D eigenvalue weighted by Crippen LogP contribution is 2.46. The number of nitrogens with one attached hydrogen (secondary N) is 1. The molecule has 41 heavy (non-hydrogen) atoms. The summed E-state index contributed by atoms with van der Waals surface area (Å²) in [6.45, 7) is 1.31. The Kier molecular flexibility index (Phi) is 7.60. The van der Waals surface area contributed by atoms with Crippen LogP contribution in [0.5, 0.6) is 0 Å². The Morgan fingerprint density at radius 1 is 1.00 bits per heavy atom. The summed E-state index contributed by atoms with van der Waals surface area (Å²) >= 11 is 6.41. The van der Waals surface area contributed by atoms with Gasteiger partial charge in [-0.2, -0.15) is 26.3 Å². The van der Waals surface area contributed by atoms with Crippen molar-refractivity contribution >= 4 is 23.3 Å². The van der Waals surface area contributed by atoms with Crippen molar-refractivity contribution in [3.05, 3.63) is 81.3 Å². The van der Waals surface area contributed by atoms with Crippen LogP contribution in [0.3, 0.4) is 0 Å². The van der Waals surface area contributed by atoms with Crippen LogP contribution in [0, 0.1) is 5.82 Å². The lowest BCUT2D eigenvalue weighted by Gasteiger charge is -2.31. The molecule has 1 amide bonds. The van der Waals surface area contributed by atoms with Crippen molar-refractivity contribution in [2.75, 3.05) is 6.54 Å². The molecule has 1 aliphatic carbocycles. The van der Waals surface area contributed by atoms with Crippen molar-refractivity contribution in [1.82, 2.24) is 10.2 Å². The molecule has 2 aromatic carbocycles. The number of allylic oxidation sites excluding steroid dienone is 2. The molecule has 2 saturated heterocycles. The van der Waals surface area contributed by atoms with Crippen molar-refractivity contribution in [2.24, 2.45) is 0 Å². The van der Waals surface area contributed by atoms with Crippen LogP contribution in [-0.2, 0) is 26.7 Å². The van der Waals surface area contributed by atoms with E-state index in [9.17, 15) is 40.3 Å². The first-order valence-corrected chi connectivity index (χ1v) is 13.2. The van der Waals surface area contributed by atoms with Gasteiger partial charge in [-0.05, 0) is 54.8 Å². The zero-order chi connectivity index (χ0) is 29.9. The molecule has 0 saturated carbocycles. The average Bonchev–Trinajstić information content (AvgIpc) is 3.53. The molecule has 0 aromatic heterocycles. The molecule has 220 valence electrons. The summed E-state index contributed by atoms with van der Waals surface area (Å²) in [5, 5.41) is 3.28. The van der Waals surface area contributed by atoms with Crippen LogP contribution < -0.4 is 5.32 Å². The van der Waals surface area contributed by atoms with Gasteiger partial charge >= 0.3 is 12.4 Å². The Bertz CT molecular complexity index is 1380. The van der Waals surface area contributed by atoms with E-state index in [1.807, 2.05) is 0 Å². The predicted octanol–water partition coefficient (Wildman–Crippen LogP) is 6.57. The molecule has 2 aromatic rings. The summed E-state index contributed by atoms with van der Waals surface area (Å²) in [7, 11) is 0. The highest BCUT2D eigenvalue weighted by atomic mass is 35.5. The minimum Gasteiger partial charge on any atom is -0.383 e. The van der Waals surface area contributed by atoms with Crippen LogP contribution >= 0.6 is 11.6 Å². The molecule has 0 spiro atoms. The standard InChI is InChI=1S/C28H24ClF7N2O3/c1-13(14-6-15(27(31,32)33)8-16(7-14)28(34,35)36)41-23-12-38-24(40)11-22(37-18-3-4-19(39)10-18)26(38)25(23)20-5-2-17(30)9-21(20)29/h2,5-10,13,22-23,25-26,37H,3-4,11-12H2,1H3/t13-,22?,23+,25-,26?/m1/s1. The lowest BCUT2D eigenvalue weighted by molar-refractivity contribution is -0.143. The number of alkyl halides is 6. The Hall–Kier alpha value is -3.12. The van der Waals surface area contributed by atoms with Crippen LogP contribution in [0.25, 0.3) is 0 Å². The maximum Gasteiger partial charge on any atom is 0.416 e. The second kappa shape index (κ2) is 10.6. The molecule has 0 radical (unpaired) electrons. The number of fused-ring (bicyclic) bond motifs is 1. The van der Waals surface area contributed by atoms with E-state index >= 15 is 0 Å². The fourth-order valence-electron chi connectivity index (χ4n) is 5.93. The van der Waals surface area contributed by atoms with Crippen LogP contribution in [0.2, 0.25) is 5.02 Å². The molecular formula is C28H24ClF7N2O3. The first-order chi connectivity index (χ1) is 19.1. The van der Waals surface area contributed by atoms with Crippen LogP contribution in [-0.4, -0.2) is 41.3 Å². The van der Waals surface area contributed by atoms with Crippen molar-refractivity contribution in [2.45, 2.75) is 68.7 Å². The van der Waals surface area contributed by atoms with Crippen LogP contribution in [0.15, 0.2) is 48.2 Å². The molecule has 5 nitrogen and oxygen atoms in total.